The minimum Gasteiger partial charge on any atom is -0.478 e. The number of carbonyl (C=O) groups is 1. The third kappa shape index (κ3) is 5.34. The van der Waals surface area contributed by atoms with Gasteiger partial charge in [0.1, 0.15) is 0 Å². The molecule has 3 nitrogen and oxygen atoms in total. The Hall–Kier alpha value is -1.81. The summed E-state index contributed by atoms with van der Waals surface area (Å²) in [5.74, 6) is -0.889. The summed E-state index contributed by atoms with van der Waals surface area (Å²) in [5, 5.41) is 10.3. The summed E-state index contributed by atoms with van der Waals surface area (Å²) in [6.07, 6.45) is 1.87. The number of hydrogen-bond donors (Lipinski definition) is 1. The second kappa shape index (κ2) is 9.22. The Labute approximate surface area is 164 Å². The number of nitrogens with zero attached hydrogens (tertiary/aromatic N) is 1. The van der Waals surface area contributed by atoms with E-state index in [4.69, 9.17) is 23.2 Å². The lowest BCUT2D eigenvalue weighted by Gasteiger charge is -2.31. The maximum atomic E-state index is 11.4. The number of likely N-dealkylation sites (N-methyl/N-ethyl adjacent to an activating group) is 1. The Morgan fingerprint density at radius 2 is 1.77 bits per heavy atom. The molecule has 138 valence electrons. The van der Waals surface area contributed by atoms with Gasteiger partial charge in [0.25, 0.3) is 0 Å². The highest BCUT2D eigenvalue weighted by molar-refractivity contribution is 6.42. The van der Waals surface area contributed by atoms with Gasteiger partial charge in [-0.25, -0.2) is 4.79 Å². The van der Waals surface area contributed by atoms with Crippen molar-refractivity contribution in [1.82, 2.24) is 4.90 Å². The minimum absolute atomic E-state index is 0.0607. The molecule has 0 aliphatic carbocycles. The molecule has 2 aromatic rings. The van der Waals surface area contributed by atoms with Crippen molar-refractivity contribution in [3.8, 4) is 0 Å². The molecule has 0 fully saturated rings. The van der Waals surface area contributed by atoms with Gasteiger partial charge in [-0.05, 0) is 56.3 Å². The van der Waals surface area contributed by atoms with E-state index in [0.717, 1.165) is 16.7 Å². The first kappa shape index (κ1) is 20.5. The van der Waals surface area contributed by atoms with Gasteiger partial charge in [0, 0.05) is 18.0 Å². The molecular formula is C21H23Cl2NO2. The first-order valence-corrected chi connectivity index (χ1v) is 9.15. The molecule has 0 spiro atoms. The molecule has 0 bridgehead atoms. The van der Waals surface area contributed by atoms with Gasteiger partial charge in [-0.2, -0.15) is 0 Å². The van der Waals surface area contributed by atoms with Crippen LogP contribution < -0.4 is 0 Å². The van der Waals surface area contributed by atoms with Crippen LogP contribution in [0.15, 0.2) is 54.6 Å². The van der Waals surface area contributed by atoms with E-state index in [0.29, 0.717) is 16.5 Å². The zero-order valence-corrected chi connectivity index (χ0v) is 16.6. The van der Waals surface area contributed by atoms with Crippen LogP contribution in [0.4, 0.5) is 0 Å². The Morgan fingerprint density at radius 1 is 1.12 bits per heavy atom. The van der Waals surface area contributed by atoms with Crippen LogP contribution in [0, 0.1) is 0 Å². The Morgan fingerprint density at radius 3 is 2.31 bits per heavy atom. The molecule has 1 N–H and O–H groups in total. The van der Waals surface area contributed by atoms with Crippen LogP contribution in [0.2, 0.25) is 10.0 Å². The summed E-state index contributed by atoms with van der Waals surface area (Å²) in [5.41, 5.74) is 2.72. The standard InChI is InChI=1S/C21H23Cl2NO2/c1-14(24(2)3)18(16-9-10-19(22)20(23)12-16)11-17(13-21(25)26)15-7-5-4-6-8-15/h4-10,12-14,18H,11H2,1-3H3,(H,25,26). The molecular weight excluding hydrogens is 369 g/mol. The second-order valence-electron chi connectivity index (χ2n) is 6.56. The summed E-state index contributed by atoms with van der Waals surface area (Å²) in [6.45, 7) is 2.12. The number of carboxylic acid groups (broad SMARTS) is 1. The molecule has 2 unspecified atom stereocenters. The van der Waals surface area contributed by atoms with E-state index in [1.165, 1.54) is 6.08 Å². The van der Waals surface area contributed by atoms with Crippen LogP contribution in [0.1, 0.15) is 30.4 Å². The number of aliphatic carboxylic acids is 1. The Balaban J connectivity index is 2.46. The largest absolute Gasteiger partial charge is 0.478 e. The molecule has 0 aliphatic heterocycles. The van der Waals surface area contributed by atoms with Crippen LogP contribution in [0.5, 0.6) is 0 Å². The SMILES string of the molecule is CC(C(CC(=CC(=O)O)c1ccccc1)c1ccc(Cl)c(Cl)c1)N(C)C. The van der Waals surface area contributed by atoms with E-state index in [2.05, 4.69) is 11.8 Å². The summed E-state index contributed by atoms with van der Waals surface area (Å²) in [4.78, 5) is 13.5. The minimum atomic E-state index is -0.950. The fraction of sp³-hybridized carbons (Fsp3) is 0.286. The first-order valence-electron chi connectivity index (χ1n) is 8.40. The molecule has 5 heteroatoms. The van der Waals surface area contributed by atoms with Crippen LogP contribution in [-0.4, -0.2) is 36.1 Å². The van der Waals surface area contributed by atoms with Crippen molar-refractivity contribution >= 4 is 34.7 Å². The normalized spacial score (nSPS) is 14.3. The van der Waals surface area contributed by atoms with E-state index in [9.17, 15) is 9.90 Å². The van der Waals surface area contributed by atoms with Gasteiger partial charge < -0.3 is 10.0 Å². The Bertz CT molecular complexity index is 788. The van der Waals surface area contributed by atoms with Crippen molar-refractivity contribution in [2.75, 3.05) is 14.1 Å². The molecule has 2 atom stereocenters. The van der Waals surface area contributed by atoms with Gasteiger partial charge >= 0.3 is 5.97 Å². The summed E-state index contributed by atoms with van der Waals surface area (Å²) < 4.78 is 0. The lowest BCUT2D eigenvalue weighted by Crippen LogP contribution is -2.31. The van der Waals surface area contributed by atoms with Crippen LogP contribution in [0.3, 0.4) is 0 Å². The van der Waals surface area contributed by atoms with Gasteiger partial charge in [-0.15, -0.1) is 0 Å². The predicted molar refractivity (Wildman–Crippen MR) is 109 cm³/mol. The summed E-state index contributed by atoms with van der Waals surface area (Å²) >= 11 is 12.3. The van der Waals surface area contributed by atoms with Gasteiger partial charge in [0.2, 0.25) is 0 Å². The van der Waals surface area contributed by atoms with Crippen molar-refractivity contribution in [3.63, 3.8) is 0 Å². The lowest BCUT2D eigenvalue weighted by molar-refractivity contribution is -0.131. The van der Waals surface area contributed by atoms with Crippen molar-refractivity contribution in [3.05, 3.63) is 75.8 Å². The van der Waals surface area contributed by atoms with Gasteiger partial charge in [-0.1, -0.05) is 59.6 Å². The molecule has 0 amide bonds. The number of carboxylic acids is 1. The van der Waals surface area contributed by atoms with E-state index in [1.54, 1.807) is 6.07 Å². The molecule has 0 saturated carbocycles. The van der Waals surface area contributed by atoms with Crippen molar-refractivity contribution in [1.29, 1.82) is 0 Å². The predicted octanol–water partition coefficient (Wildman–Crippen LogP) is 5.59. The zero-order valence-electron chi connectivity index (χ0n) is 15.1. The maximum absolute atomic E-state index is 11.4. The van der Waals surface area contributed by atoms with Crippen molar-refractivity contribution in [2.24, 2.45) is 0 Å². The fourth-order valence-corrected chi connectivity index (χ4v) is 3.27. The Kier molecular flexibility index (Phi) is 7.27. The highest BCUT2D eigenvalue weighted by atomic mass is 35.5. The molecule has 2 rings (SSSR count). The molecule has 0 radical (unpaired) electrons. The van der Waals surface area contributed by atoms with Gasteiger partial charge in [0.05, 0.1) is 10.0 Å². The van der Waals surface area contributed by atoms with E-state index < -0.39 is 5.97 Å². The van der Waals surface area contributed by atoms with Crippen LogP contribution >= 0.6 is 23.2 Å². The average Bonchev–Trinajstić information content (AvgIpc) is 2.61. The molecule has 2 aromatic carbocycles. The highest BCUT2D eigenvalue weighted by Crippen LogP contribution is 2.35. The third-order valence-corrected chi connectivity index (χ3v) is 5.39. The van der Waals surface area contributed by atoms with E-state index >= 15 is 0 Å². The molecule has 0 heterocycles. The smallest absolute Gasteiger partial charge is 0.328 e. The first-order chi connectivity index (χ1) is 12.3. The molecule has 0 aromatic heterocycles. The number of allylic oxidation sites excluding steroid dienone is 1. The number of benzene rings is 2. The van der Waals surface area contributed by atoms with Crippen molar-refractivity contribution < 1.29 is 9.90 Å². The maximum Gasteiger partial charge on any atom is 0.328 e. The molecule has 0 aliphatic rings. The molecule has 26 heavy (non-hydrogen) atoms. The van der Waals surface area contributed by atoms with E-state index in [1.807, 2.05) is 56.6 Å². The topological polar surface area (TPSA) is 40.5 Å². The van der Waals surface area contributed by atoms with Crippen molar-refractivity contribution in [2.45, 2.75) is 25.3 Å². The van der Waals surface area contributed by atoms with Crippen LogP contribution in [-0.2, 0) is 4.79 Å². The van der Waals surface area contributed by atoms with Gasteiger partial charge in [-0.3, -0.25) is 0 Å². The number of rotatable bonds is 7. The monoisotopic (exact) mass is 391 g/mol. The fourth-order valence-electron chi connectivity index (χ4n) is 2.97. The molecule has 0 saturated heterocycles. The number of hydrogen-bond acceptors (Lipinski definition) is 2. The summed E-state index contributed by atoms with van der Waals surface area (Å²) in [6, 6.07) is 15.4. The quantitative estimate of drug-likeness (QED) is 0.625. The average molecular weight is 392 g/mol. The summed E-state index contributed by atoms with van der Waals surface area (Å²) in [7, 11) is 4.02. The zero-order chi connectivity index (χ0) is 19.3. The third-order valence-electron chi connectivity index (χ3n) is 4.65. The highest BCUT2D eigenvalue weighted by Gasteiger charge is 2.24. The lowest BCUT2D eigenvalue weighted by atomic mass is 9.84. The van der Waals surface area contributed by atoms with Gasteiger partial charge in [0.15, 0.2) is 0 Å². The second-order valence-corrected chi connectivity index (χ2v) is 7.38. The van der Waals surface area contributed by atoms with Crippen LogP contribution in [0.25, 0.3) is 5.57 Å². The van der Waals surface area contributed by atoms with E-state index in [-0.39, 0.29) is 12.0 Å². The number of halogens is 2.